The van der Waals surface area contributed by atoms with Crippen LogP contribution in [0.15, 0.2) is 48.8 Å². The first-order valence-electron chi connectivity index (χ1n) is 9.45. The summed E-state index contributed by atoms with van der Waals surface area (Å²) >= 11 is 0. The Kier molecular flexibility index (Phi) is 5.31. The number of carbonyl (C=O) groups excluding carboxylic acids is 1. The Hall–Kier alpha value is -2.03. The van der Waals surface area contributed by atoms with Crippen molar-refractivity contribution in [1.29, 1.82) is 0 Å². The van der Waals surface area contributed by atoms with Crippen LogP contribution in [0, 0.1) is 5.92 Å². The van der Waals surface area contributed by atoms with E-state index in [1.54, 1.807) is 0 Å². The molecule has 0 radical (unpaired) electrons. The molecule has 25 heavy (non-hydrogen) atoms. The number of rotatable bonds is 4. The predicted octanol–water partition coefficient (Wildman–Crippen LogP) is 4.73. The minimum Gasteiger partial charge on any atom is -0.348 e. The molecule has 0 N–H and O–H groups in total. The lowest BCUT2D eigenvalue weighted by Gasteiger charge is -2.32. The highest BCUT2D eigenvalue weighted by Crippen LogP contribution is 2.24. The molecule has 3 nitrogen and oxygen atoms in total. The van der Waals surface area contributed by atoms with Crippen molar-refractivity contribution in [2.75, 3.05) is 13.1 Å². The first-order valence-corrected chi connectivity index (χ1v) is 9.45. The van der Waals surface area contributed by atoms with Crippen LogP contribution in [-0.4, -0.2) is 28.5 Å². The van der Waals surface area contributed by atoms with Crippen molar-refractivity contribution in [1.82, 2.24) is 9.47 Å². The van der Waals surface area contributed by atoms with Gasteiger partial charge in [-0.3, -0.25) is 4.79 Å². The van der Waals surface area contributed by atoms with Gasteiger partial charge in [-0.1, -0.05) is 30.3 Å². The van der Waals surface area contributed by atoms with Crippen molar-refractivity contribution in [2.45, 2.75) is 52.0 Å². The maximum Gasteiger partial charge on any atom is 0.255 e. The number of carbonyl (C=O) groups is 1. The molecule has 0 bridgehead atoms. The zero-order chi connectivity index (χ0) is 17.9. The summed E-state index contributed by atoms with van der Waals surface area (Å²) in [5.74, 6) is 0.801. The maximum absolute atomic E-state index is 12.9. The first kappa shape index (κ1) is 17.8. The highest BCUT2D eigenvalue weighted by Gasteiger charge is 2.25. The van der Waals surface area contributed by atoms with Crippen LogP contribution in [0.25, 0.3) is 0 Å². The number of aromatic nitrogens is 1. The van der Waals surface area contributed by atoms with Crippen molar-refractivity contribution in [3.63, 3.8) is 0 Å². The van der Waals surface area contributed by atoms with E-state index >= 15 is 0 Å². The van der Waals surface area contributed by atoms with E-state index in [-0.39, 0.29) is 11.4 Å². The highest BCUT2D eigenvalue weighted by atomic mass is 16.2. The first-order chi connectivity index (χ1) is 11.9. The predicted molar refractivity (Wildman–Crippen MR) is 103 cm³/mol. The standard InChI is InChI=1S/C22H30N2O/c1-22(2,3)24-15-13-20(17-24)21(25)23-14-7-10-19(16-23)12-11-18-8-5-4-6-9-18/h4-6,8-9,13,15,17,19H,7,10-12,14,16H2,1-3H3/t19-/m0/s1. The van der Waals surface area contributed by atoms with Gasteiger partial charge in [-0.05, 0) is 64.0 Å². The fourth-order valence-corrected chi connectivity index (χ4v) is 3.62. The van der Waals surface area contributed by atoms with Crippen LogP contribution in [-0.2, 0) is 12.0 Å². The number of amides is 1. The monoisotopic (exact) mass is 338 g/mol. The summed E-state index contributed by atoms with van der Waals surface area (Å²) in [6, 6.07) is 12.6. The van der Waals surface area contributed by atoms with Gasteiger partial charge in [0.25, 0.3) is 5.91 Å². The zero-order valence-electron chi connectivity index (χ0n) is 15.7. The Labute approximate surface area is 151 Å². The van der Waals surface area contributed by atoms with Crippen LogP contribution in [0.2, 0.25) is 0 Å². The van der Waals surface area contributed by atoms with E-state index in [4.69, 9.17) is 0 Å². The molecule has 0 unspecified atom stereocenters. The molecule has 0 aliphatic carbocycles. The topological polar surface area (TPSA) is 25.2 Å². The Balaban J connectivity index is 1.59. The third-order valence-electron chi connectivity index (χ3n) is 5.20. The van der Waals surface area contributed by atoms with Crippen LogP contribution >= 0.6 is 0 Å². The molecule has 0 spiro atoms. The minimum atomic E-state index is 0.0125. The molecule has 1 atom stereocenters. The van der Waals surface area contributed by atoms with Crippen LogP contribution in [0.4, 0.5) is 0 Å². The Bertz CT molecular complexity index is 696. The van der Waals surface area contributed by atoms with Gasteiger partial charge in [0.15, 0.2) is 0 Å². The molecule has 1 aromatic carbocycles. The molecule has 1 aliphatic rings. The van der Waals surface area contributed by atoms with Crippen molar-refractivity contribution in [3.8, 4) is 0 Å². The van der Waals surface area contributed by atoms with Gasteiger partial charge in [0.1, 0.15) is 0 Å². The molecule has 1 aromatic heterocycles. The van der Waals surface area contributed by atoms with Crippen molar-refractivity contribution >= 4 is 5.91 Å². The molecule has 3 heteroatoms. The van der Waals surface area contributed by atoms with Crippen LogP contribution in [0.5, 0.6) is 0 Å². The van der Waals surface area contributed by atoms with Gasteiger partial charge >= 0.3 is 0 Å². The van der Waals surface area contributed by atoms with Gasteiger partial charge in [-0.15, -0.1) is 0 Å². The van der Waals surface area contributed by atoms with E-state index in [0.29, 0.717) is 5.92 Å². The average Bonchev–Trinajstić information content (AvgIpc) is 3.11. The summed E-state index contributed by atoms with van der Waals surface area (Å²) in [5, 5.41) is 0. The highest BCUT2D eigenvalue weighted by molar-refractivity contribution is 5.94. The summed E-state index contributed by atoms with van der Waals surface area (Å²) in [7, 11) is 0. The normalized spacial score (nSPS) is 18.4. The van der Waals surface area contributed by atoms with Crippen LogP contribution in [0.3, 0.4) is 0 Å². The smallest absolute Gasteiger partial charge is 0.255 e. The van der Waals surface area contributed by atoms with Crippen LogP contribution < -0.4 is 0 Å². The van der Waals surface area contributed by atoms with Gasteiger partial charge in [0, 0.05) is 31.0 Å². The molecule has 1 amide bonds. The molecule has 1 aliphatic heterocycles. The third-order valence-corrected chi connectivity index (χ3v) is 5.20. The number of nitrogens with zero attached hydrogens (tertiary/aromatic N) is 2. The summed E-state index contributed by atoms with van der Waals surface area (Å²) < 4.78 is 2.12. The Morgan fingerprint density at radius 3 is 2.60 bits per heavy atom. The lowest BCUT2D eigenvalue weighted by atomic mass is 9.91. The van der Waals surface area contributed by atoms with Crippen molar-refractivity contribution < 1.29 is 4.79 Å². The van der Waals surface area contributed by atoms with E-state index < -0.39 is 0 Å². The zero-order valence-corrected chi connectivity index (χ0v) is 15.7. The third kappa shape index (κ3) is 4.53. The summed E-state index contributed by atoms with van der Waals surface area (Å²) in [6.45, 7) is 8.25. The van der Waals surface area contributed by atoms with E-state index in [2.05, 4.69) is 60.6 Å². The number of piperidine rings is 1. The number of hydrogen-bond acceptors (Lipinski definition) is 1. The molecule has 134 valence electrons. The average molecular weight is 338 g/mol. The van der Waals surface area contributed by atoms with Crippen LogP contribution in [0.1, 0.15) is 56.0 Å². The molecule has 1 saturated heterocycles. The lowest BCUT2D eigenvalue weighted by molar-refractivity contribution is 0.0668. The number of benzene rings is 1. The molecule has 3 rings (SSSR count). The second-order valence-corrected chi connectivity index (χ2v) is 8.26. The molecule has 2 heterocycles. The Morgan fingerprint density at radius 1 is 1.16 bits per heavy atom. The van der Waals surface area contributed by atoms with E-state index in [1.165, 1.54) is 12.0 Å². The second-order valence-electron chi connectivity index (χ2n) is 8.26. The molecular weight excluding hydrogens is 308 g/mol. The van der Waals surface area contributed by atoms with Crippen molar-refractivity contribution in [2.24, 2.45) is 5.92 Å². The van der Waals surface area contributed by atoms with E-state index in [1.807, 2.05) is 18.5 Å². The minimum absolute atomic E-state index is 0.0125. The van der Waals surface area contributed by atoms with Gasteiger partial charge < -0.3 is 9.47 Å². The number of likely N-dealkylation sites (tertiary alicyclic amines) is 1. The summed E-state index contributed by atoms with van der Waals surface area (Å²) in [5.41, 5.74) is 2.23. The van der Waals surface area contributed by atoms with Gasteiger partial charge in [-0.25, -0.2) is 0 Å². The molecular formula is C22H30N2O. The quantitative estimate of drug-likeness (QED) is 0.791. The Morgan fingerprint density at radius 2 is 1.92 bits per heavy atom. The molecule has 0 saturated carbocycles. The fourth-order valence-electron chi connectivity index (χ4n) is 3.62. The summed E-state index contributed by atoms with van der Waals surface area (Å²) in [6.07, 6.45) is 8.63. The van der Waals surface area contributed by atoms with Crippen molar-refractivity contribution in [3.05, 3.63) is 59.9 Å². The van der Waals surface area contributed by atoms with Gasteiger partial charge in [0.05, 0.1) is 5.56 Å². The molecule has 1 fully saturated rings. The van der Waals surface area contributed by atoms with Gasteiger partial charge in [-0.2, -0.15) is 0 Å². The maximum atomic E-state index is 12.9. The number of aryl methyl sites for hydroxylation is 1. The number of hydrogen-bond donors (Lipinski definition) is 0. The van der Waals surface area contributed by atoms with E-state index in [9.17, 15) is 4.79 Å². The SMILES string of the molecule is CC(C)(C)n1ccc(C(=O)N2CCC[C@@H](CCc3ccccc3)C2)c1. The second kappa shape index (κ2) is 7.47. The van der Waals surface area contributed by atoms with Gasteiger partial charge in [0.2, 0.25) is 0 Å². The van der Waals surface area contributed by atoms with E-state index in [0.717, 1.165) is 37.9 Å². The molecule has 2 aromatic rings. The largest absolute Gasteiger partial charge is 0.348 e. The lowest BCUT2D eigenvalue weighted by Crippen LogP contribution is -2.40. The summed E-state index contributed by atoms with van der Waals surface area (Å²) in [4.78, 5) is 14.9. The fraction of sp³-hybridized carbons (Fsp3) is 0.500.